The second-order valence-corrected chi connectivity index (χ2v) is 4.60. The Labute approximate surface area is 116 Å². The fourth-order valence-electron chi connectivity index (χ4n) is 2.32. The van der Waals surface area contributed by atoms with Gasteiger partial charge in [-0.2, -0.15) is 0 Å². The standard InChI is InChI=1S/C13H17N3O4/c1-15(13(18)19)10-7-9-5-3-4-6-11(9)16(8-10)12(17)14-20-2/h3-6,10H,7-8H2,1-2H3,(H,14,17)(H,18,19). The van der Waals surface area contributed by atoms with E-state index in [2.05, 4.69) is 10.3 Å². The average molecular weight is 279 g/mol. The largest absolute Gasteiger partial charge is 0.465 e. The fourth-order valence-corrected chi connectivity index (χ4v) is 2.32. The number of hydrogen-bond acceptors (Lipinski definition) is 3. The Morgan fingerprint density at radius 2 is 2.15 bits per heavy atom. The number of carbonyl (C=O) groups excluding carboxylic acids is 1. The van der Waals surface area contributed by atoms with Gasteiger partial charge < -0.3 is 10.0 Å². The SMILES string of the molecule is CONC(=O)N1CC(N(C)C(=O)O)Cc2ccccc21. The van der Waals surface area contributed by atoms with Crippen molar-refractivity contribution in [3.63, 3.8) is 0 Å². The third kappa shape index (κ3) is 2.67. The molecule has 7 nitrogen and oxygen atoms in total. The van der Waals surface area contributed by atoms with E-state index in [9.17, 15) is 9.59 Å². The summed E-state index contributed by atoms with van der Waals surface area (Å²) in [6.45, 7) is 0.287. The molecule has 1 aliphatic heterocycles. The zero-order chi connectivity index (χ0) is 14.7. The number of benzene rings is 1. The number of anilines is 1. The van der Waals surface area contributed by atoms with Crippen LogP contribution >= 0.6 is 0 Å². The van der Waals surface area contributed by atoms with Crippen molar-refractivity contribution in [2.24, 2.45) is 0 Å². The molecule has 0 saturated heterocycles. The Kier molecular flexibility index (Phi) is 4.09. The topological polar surface area (TPSA) is 82.1 Å². The van der Waals surface area contributed by atoms with Crippen LogP contribution in [0.5, 0.6) is 0 Å². The summed E-state index contributed by atoms with van der Waals surface area (Å²) in [6, 6.07) is 6.74. The number of urea groups is 1. The molecule has 2 N–H and O–H groups in total. The molecule has 0 fully saturated rings. The van der Waals surface area contributed by atoms with E-state index in [0.717, 1.165) is 11.3 Å². The van der Waals surface area contributed by atoms with Crippen molar-refractivity contribution in [2.45, 2.75) is 12.5 Å². The van der Waals surface area contributed by atoms with Crippen LogP contribution in [-0.2, 0) is 11.3 Å². The number of para-hydroxylation sites is 1. The normalized spacial score (nSPS) is 17.3. The van der Waals surface area contributed by atoms with Crippen LogP contribution in [0.1, 0.15) is 5.56 Å². The van der Waals surface area contributed by atoms with E-state index >= 15 is 0 Å². The highest BCUT2D eigenvalue weighted by atomic mass is 16.6. The lowest BCUT2D eigenvalue weighted by molar-refractivity contribution is 0.108. The Hall–Kier alpha value is -2.28. The summed E-state index contributed by atoms with van der Waals surface area (Å²) in [4.78, 5) is 30.5. The number of hydrogen-bond donors (Lipinski definition) is 2. The summed E-state index contributed by atoms with van der Waals surface area (Å²) in [7, 11) is 2.86. The molecule has 108 valence electrons. The van der Waals surface area contributed by atoms with Crippen molar-refractivity contribution in [3.8, 4) is 0 Å². The van der Waals surface area contributed by atoms with Crippen LogP contribution < -0.4 is 10.4 Å². The molecule has 0 bridgehead atoms. The molecule has 2 rings (SSSR count). The summed E-state index contributed by atoms with van der Waals surface area (Å²) in [6.07, 6.45) is -0.433. The summed E-state index contributed by atoms with van der Waals surface area (Å²) in [5.74, 6) is 0. The monoisotopic (exact) mass is 279 g/mol. The molecule has 1 aromatic carbocycles. The smallest absolute Gasteiger partial charge is 0.407 e. The zero-order valence-electron chi connectivity index (χ0n) is 11.4. The molecule has 1 aliphatic rings. The Morgan fingerprint density at radius 3 is 2.80 bits per heavy atom. The molecule has 1 atom stereocenters. The first kappa shape index (κ1) is 14.1. The third-order valence-corrected chi connectivity index (χ3v) is 3.42. The fraction of sp³-hybridized carbons (Fsp3) is 0.385. The maximum atomic E-state index is 12.0. The van der Waals surface area contributed by atoms with Gasteiger partial charge in [-0.3, -0.25) is 9.74 Å². The highest BCUT2D eigenvalue weighted by Gasteiger charge is 2.32. The minimum absolute atomic E-state index is 0.287. The van der Waals surface area contributed by atoms with Gasteiger partial charge in [0.25, 0.3) is 0 Å². The number of nitrogens with one attached hydrogen (secondary N) is 1. The molecular formula is C13H17N3O4. The minimum Gasteiger partial charge on any atom is -0.465 e. The van der Waals surface area contributed by atoms with E-state index < -0.39 is 12.1 Å². The van der Waals surface area contributed by atoms with E-state index in [1.807, 2.05) is 24.3 Å². The molecule has 0 aliphatic carbocycles. The van der Waals surface area contributed by atoms with E-state index in [4.69, 9.17) is 5.11 Å². The van der Waals surface area contributed by atoms with Crippen molar-refractivity contribution in [1.82, 2.24) is 10.4 Å². The van der Waals surface area contributed by atoms with Crippen LogP contribution in [0.25, 0.3) is 0 Å². The van der Waals surface area contributed by atoms with Crippen LogP contribution in [0.2, 0.25) is 0 Å². The number of carbonyl (C=O) groups is 2. The highest BCUT2D eigenvalue weighted by molar-refractivity contribution is 5.93. The Morgan fingerprint density at radius 1 is 1.45 bits per heavy atom. The Bertz CT molecular complexity index is 520. The molecule has 3 amide bonds. The lowest BCUT2D eigenvalue weighted by Gasteiger charge is -2.37. The quantitative estimate of drug-likeness (QED) is 0.799. The molecule has 1 aromatic rings. The molecule has 0 spiro atoms. The van der Waals surface area contributed by atoms with Crippen molar-refractivity contribution in [3.05, 3.63) is 29.8 Å². The van der Waals surface area contributed by atoms with Crippen LogP contribution in [0, 0.1) is 0 Å². The number of amides is 3. The van der Waals surface area contributed by atoms with Crippen LogP contribution in [-0.4, -0.2) is 48.9 Å². The maximum Gasteiger partial charge on any atom is 0.407 e. The van der Waals surface area contributed by atoms with Crippen molar-refractivity contribution >= 4 is 17.8 Å². The molecule has 20 heavy (non-hydrogen) atoms. The number of nitrogens with zero attached hydrogens (tertiary/aromatic N) is 2. The highest BCUT2D eigenvalue weighted by Crippen LogP contribution is 2.28. The number of fused-ring (bicyclic) bond motifs is 1. The number of hydroxylamine groups is 1. The predicted octanol–water partition coefficient (Wildman–Crippen LogP) is 1.30. The molecule has 0 radical (unpaired) electrons. The van der Waals surface area contributed by atoms with E-state index in [-0.39, 0.29) is 12.6 Å². The second-order valence-electron chi connectivity index (χ2n) is 4.60. The maximum absolute atomic E-state index is 12.0. The molecule has 7 heteroatoms. The van der Waals surface area contributed by atoms with Crippen molar-refractivity contribution in [1.29, 1.82) is 0 Å². The number of likely N-dealkylation sites (N-methyl/N-ethyl adjacent to an activating group) is 1. The van der Waals surface area contributed by atoms with Crippen LogP contribution in [0.4, 0.5) is 15.3 Å². The minimum atomic E-state index is -1.01. The van der Waals surface area contributed by atoms with Gasteiger partial charge in [-0.05, 0) is 18.1 Å². The van der Waals surface area contributed by atoms with Crippen molar-refractivity contribution in [2.75, 3.05) is 25.6 Å². The van der Waals surface area contributed by atoms with Gasteiger partial charge in [-0.1, -0.05) is 18.2 Å². The van der Waals surface area contributed by atoms with Crippen molar-refractivity contribution < 1.29 is 19.5 Å². The van der Waals surface area contributed by atoms with E-state index in [1.54, 1.807) is 0 Å². The summed E-state index contributed by atoms with van der Waals surface area (Å²) >= 11 is 0. The third-order valence-electron chi connectivity index (χ3n) is 3.42. The summed E-state index contributed by atoms with van der Waals surface area (Å²) in [5.41, 5.74) is 3.97. The predicted molar refractivity (Wildman–Crippen MR) is 72.6 cm³/mol. The number of carboxylic acid groups (broad SMARTS) is 1. The van der Waals surface area contributed by atoms with Crippen LogP contribution in [0.3, 0.4) is 0 Å². The molecular weight excluding hydrogens is 262 g/mol. The van der Waals surface area contributed by atoms with E-state index in [0.29, 0.717) is 6.42 Å². The first-order chi connectivity index (χ1) is 9.54. The number of rotatable bonds is 2. The van der Waals surface area contributed by atoms with Gasteiger partial charge in [0.1, 0.15) is 0 Å². The lowest BCUT2D eigenvalue weighted by atomic mass is 9.97. The first-order valence-corrected chi connectivity index (χ1v) is 6.18. The molecule has 1 unspecified atom stereocenters. The average Bonchev–Trinajstić information content (AvgIpc) is 2.45. The Balaban J connectivity index is 2.31. The van der Waals surface area contributed by atoms with Gasteiger partial charge in [-0.15, -0.1) is 0 Å². The van der Waals surface area contributed by atoms with Gasteiger partial charge in [0, 0.05) is 19.3 Å². The summed E-state index contributed by atoms with van der Waals surface area (Å²) in [5, 5.41) is 9.09. The second kappa shape index (κ2) is 5.79. The summed E-state index contributed by atoms with van der Waals surface area (Å²) < 4.78 is 0. The zero-order valence-corrected chi connectivity index (χ0v) is 11.4. The molecule has 1 heterocycles. The molecule has 0 saturated carbocycles. The van der Waals surface area contributed by atoms with E-state index in [1.165, 1.54) is 24.0 Å². The van der Waals surface area contributed by atoms with Crippen LogP contribution in [0.15, 0.2) is 24.3 Å². The lowest BCUT2D eigenvalue weighted by Crippen LogP contribution is -2.52. The van der Waals surface area contributed by atoms with Gasteiger partial charge in [0.05, 0.1) is 13.2 Å². The first-order valence-electron chi connectivity index (χ1n) is 6.18. The van der Waals surface area contributed by atoms with Gasteiger partial charge >= 0.3 is 12.1 Å². The molecule has 0 aromatic heterocycles. The van der Waals surface area contributed by atoms with Gasteiger partial charge in [0.2, 0.25) is 0 Å². The van der Waals surface area contributed by atoms with Gasteiger partial charge in [0.15, 0.2) is 0 Å². The van der Waals surface area contributed by atoms with Gasteiger partial charge in [-0.25, -0.2) is 15.1 Å².